The van der Waals surface area contributed by atoms with Gasteiger partial charge >= 0.3 is 12.1 Å². The first kappa shape index (κ1) is 12.5. The highest BCUT2D eigenvalue weighted by molar-refractivity contribution is 6.68. The standard InChI is InChI=1S/C4H2Cl3F5/c5-4(6,7)2(8,9)1-3(10,11)12/h1H2. The molecule has 0 aliphatic heterocycles. The molecule has 0 unspecified atom stereocenters. The highest BCUT2D eigenvalue weighted by atomic mass is 35.6. The van der Waals surface area contributed by atoms with Crippen molar-refractivity contribution in [2.24, 2.45) is 0 Å². The summed E-state index contributed by atoms with van der Waals surface area (Å²) in [4.78, 5) is 0. The molecule has 0 fully saturated rings. The second-order valence-corrected chi connectivity index (χ2v) is 4.28. The maximum absolute atomic E-state index is 12.3. The molecular weight excluding hydrogens is 249 g/mol. The van der Waals surface area contributed by atoms with E-state index < -0.39 is 22.3 Å². The molecule has 0 spiro atoms. The minimum atomic E-state index is -5.06. The van der Waals surface area contributed by atoms with Crippen LogP contribution in [-0.2, 0) is 0 Å². The number of halogens is 8. The Morgan fingerprint density at radius 3 is 1.25 bits per heavy atom. The van der Waals surface area contributed by atoms with Gasteiger partial charge in [0.05, 0.1) is 0 Å². The first-order valence-corrected chi connectivity index (χ1v) is 3.60. The molecule has 0 N–H and O–H groups in total. The van der Waals surface area contributed by atoms with E-state index in [9.17, 15) is 22.0 Å². The van der Waals surface area contributed by atoms with Crippen LogP contribution in [0.3, 0.4) is 0 Å². The first-order valence-electron chi connectivity index (χ1n) is 2.47. The van der Waals surface area contributed by atoms with Crippen LogP contribution in [-0.4, -0.2) is 15.9 Å². The van der Waals surface area contributed by atoms with Gasteiger partial charge in [-0.2, -0.15) is 13.2 Å². The summed E-state index contributed by atoms with van der Waals surface area (Å²) in [7, 11) is 0. The van der Waals surface area contributed by atoms with E-state index in [2.05, 4.69) is 34.8 Å². The van der Waals surface area contributed by atoms with Crippen LogP contribution >= 0.6 is 34.8 Å². The number of rotatable bonds is 1. The molecule has 0 saturated carbocycles. The van der Waals surface area contributed by atoms with Gasteiger partial charge in [0, 0.05) is 0 Å². The number of alkyl halides is 8. The van der Waals surface area contributed by atoms with Gasteiger partial charge < -0.3 is 0 Å². The summed E-state index contributed by atoms with van der Waals surface area (Å²) in [5.41, 5.74) is 0. The summed E-state index contributed by atoms with van der Waals surface area (Å²) < 4.78 is 55.7. The van der Waals surface area contributed by atoms with E-state index in [1.807, 2.05) is 0 Å². The second-order valence-electron chi connectivity index (χ2n) is 1.99. The van der Waals surface area contributed by atoms with Crippen LogP contribution in [0, 0.1) is 0 Å². The molecule has 0 aliphatic rings. The summed E-state index contributed by atoms with van der Waals surface area (Å²) in [6, 6.07) is 0. The van der Waals surface area contributed by atoms with E-state index >= 15 is 0 Å². The van der Waals surface area contributed by atoms with Gasteiger partial charge in [-0.15, -0.1) is 0 Å². The molecule has 0 heterocycles. The van der Waals surface area contributed by atoms with Crippen molar-refractivity contribution in [3.05, 3.63) is 0 Å². The Balaban J connectivity index is 4.44. The summed E-state index contributed by atoms with van der Waals surface area (Å²) in [6.07, 6.45) is -7.51. The lowest BCUT2D eigenvalue weighted by Crippen LogP contribution is -2.38. The van der Waals surface area contributed by atoms with E-state index in [-0.39, 0.29) is 0 Å². The molecule has 0 rings (SSSR count). The summed E-state index contributed by atoms with van der Waals surface area (Å²) in [5.74, 6) is -4.41. The fraction of sp³-hybridized carbons (Fsp3) is 1.00. The minimum Gasteiger partial charge on any atom is -0.202 e. The molecule has 0 aromatic heterocycles. The maximum Gasteiger partial charge on any atom is 0.395 e. The number of hydrogen-bond donors (Lipinski definition) is 0. The van der Waals surface area contributed by atoms with Gasteiger partial charge in [-0.1, -0.05) is 34.8 Å². The molecule has 0 amide bonds. The van der Waals surface area contributed by atoms with Crippen molar-refractivity contribution in [3.63, 3.8) is 0 Å². The Hall–Kier alpha value is 0.520. The molecule has 12 heavy (non-hydrogen) atoms. The van der Waals surface area contributed by atoms with E-state index in [1.165, 1.54) is 0 Å². The lowest BCUT2D eigenvalue weighted by Gasteiger charge is -2.24. The summed E-state index contributed by atoms with van der Waals surface area (Å²) in [6.45, 7) is 0. The molecule has 8 heteroatoms. The summed E-state index contributed by atoms with van der Waals surface area (Å²) in [5, 5.41) is 0. The van der Waals surface area contributed by atoms with Crippen LogP contribution in [0.5, 0.6) is 0 Å². The third kappa shape index (κ3) is 3.96. The van der Waals surface area contributed by atoms with Crippen LogP contribution in [0.1, 0.15) is 6.42 Å². The van der Waals surface area contributed by atoms with Crippen LogP contribution in [0.25, 0.3) is 0 Å². The molecule has 0 atom stereocenters. The zero-order chi connectivity index (χ0) is 10.2. The second kappa shape index (κ2) is 3.35. The Kier molecular flexibility index (Phi) is 3.49. The van der Waals surface area contributed by atoms with Crippen molar-refractivity contribution in [1.29, 1.82) is 0 Å². The molecule has 0 bridgehead atoms. The Bertz CT molecular complexity index is 157. The quantitative estimate of drug-likeness (QED) is 0.489. The summed E-state index contributed by atoms with van der Waals surface area (Å²) >= 11 is 13.8. The van der Waals surface area contributed by atoms with Crippen molar-refractivity contribution >= 4 is 34.8 Å². The van der Waals surface area contributed by atoms with Gasteiger partial charge in [0.15, 0.2) is 0 Å². The maximum atomic E-state index is 12.3. The average molecular weight is 251 g/mol. The Morgan fingerprint density at radius 2 is 1.17 bits per heavy atom. The van der Waals surface area contributed by atoms with E-state index in [4.69, 9.17) is 0 Å². The normalized spacial score (nSPS) is 15.0. The zero-order valence-corrected chi connectivity index (χ0v) is 7.50. The van der Waals surface area contributed by atoms with Crippen LogP contribution in [0.2, 0.25) is 0 Å². The van der Waals surface area contributed by atoms with Gasteiger partial charge in [0.25, 0.3) is 3.79 Å². The minimum absolute atomic E-state index is 2.45. The lowest BCUT2D eigenvalue weighted by atomic mass is 10.2. The fourth-order valence-electron chi connectivity index (χ4n) is 0.352. The predicted octanol–water partition coefficient (Wildman–Crippen LogP) is 3.94. The van der Waals surface area contributed by atoms with Gasteiger partial charge in [-0.3, -0.25) is 0 Å². The molecule has 0 saturated heterocycles. The highest BCUT2D eigenvalue weighted by Gasteiger charge is 2.56. The Labute approximate surface area is 79.6 Å². The molecule has 0 aromatic carbocycles. The third-order valence-electron chi connectivity index (χ3n) is 0.837. The van der Waals surface area contributed by atoms with Gasteiger partial charge in [0.1, 0.15) is 6.42 Å². The monoisotopic (exact) mass is 250 g/mol. The third-order valence-corrected chi connectivity index (χ3v) is 1.67. The van der Waals surface area contributed by atoms with Crippen LogP contribution in [0.15, 0.2) is 0 Å². The van der Waals surface area contributed by atoms with Crippen molar-refractivity contribution in [3.8, 4) is 0 Å². The van der Waals surface area contributed by atoms with Crippen molar-refractivity contribution in [2.45, 2.75) is 22.3 Å². The number of hydrogen-bond acceptors (Lipinski definition) is 0. The van der Waals surface area contributed by atoms with E-state index in [1.54, 1.807) is 0 Å². The lowest BCUT2D eigenvalue weighted by molar-refractivity contribution is -0.186. The zero-order valence-electron chi connectivity index (χ0n) is 5.23. The van der Waals surface area contributed by atoms with Gasteiger partial charge in [0.2, 0.25) is 0 Å². The fourth-order valence-corrected chi connectivity index (χ4v) is 0.552. The molecule has 74 valence electrons. The predicted molar refractivity (Wildman–Crippen MR) is 35.9 cm³/mol. The topological polar surface area (TPSA) is 0 Å². The van der Waals surface area contributed by atoms with Crippen molar-refractivity contribution in [1.82, 2.24) is 0 Å². The van der Waals surface area contributed by atoms with E-state index in [0.717, 1.165) is 0 Å². The Morgan fingerprint density at radius 1 is 0.833 bits per heavy atom. The van der Waals surface area contributed by atoms with Crippen molar-refractivity contribution < 1.29 is 22.0 Å². The first-order chi connectivity index (χ1) is 4.96. The van der Waals surface area contributed by atoms with Crippen LogP contribution < -0.4 is 0 Å². The van der Waals surface area contributed by atoms with Crippen molar-refractivity contribution in [2.75, 3.05) is 0 Å². The molecular formula is C4H2Cl3F5. The average Bonchev–Trinajstić information content (AvgIpc) is 1.52. The molecule has 0 nitrogen and oxygen atoms in total. The largest absolute Gasteiger partial charge is 0.395 e. The smallest absolute Gasteiger partial charge is 0.202 e. The van der Waals surface area contributed by atoms with Gasteiger partial charge in [-0.25, -0.2) is 8.78 Å². The van der Waals surface area contributed by atoms with Crippen LogP contribution in [0.4, 0.5) is 22.0 Å². The van der Waals surface area contributed by atoms with E-state index in [0.29, 0.717) is 0 Å². The molecule has 0 aromatic rings. The SMILES string of the molecule is FC(F)(F)CC(F)(F)C(Cl)(Cl)Cl. The molecule has 0 aliphatic carbocycles. The van der Waals surface area contributed by atoms with Gasteiger partial charge in [-0.05, 0) is 0 Å². The molecule has 0 radical (unpaired) electrons. The highest BCUT2D eigenvalue weighted by Crippen LogP contribution is 2.47.